The van der Waals surface area contributed by atoms with Crippen LogP contribution in [0.3, 0.4) is 0 Å². The first kappa shape index (κ1) is 24.1. The van der Waals surface area contributed by atoms with Crippen molar-refractivity contribution in [1.82, 2.24) is 9.80 Å². The second-order valence-electron chi connectivity index (χ2n) is 8.68. The Labute approximate surface area is 225 Å². The Morgan fingerprint density at radius 3 is 1.40 bits per heavy atom. The number of nitrogens with zero attached hydrogens (tertiary/aromatic N) is 4. The van der Waals surface area contributed by atoms with Crippen molar-refractivity contribution in [2.45, 2.75) is 0 Å². The number of carbonyl (C=O) groups is 4. The summed E-state index contributed by atoms with van der Waals surface area (Å²) in [6.07, 6.45) is 2.63. The summed E-state index contributed by atoms with van der Waals surface area (Å²) in [5, 5.41) is 18.6. The normalized spacial score (nSPS) is 14.4. The average molecular weight is 526 g/mol. The summed E-state index contributed by atoms with van der Waals surface area (Å²) in [7, 11) is 0. The third-order valence-electron chi connectivity index (χ3n) is 6.40. The molecule has 2 aliphatic heterocycles. The van der Waals surface area contributed by atoms with Crippen LogP contribution in [0.4, 0.5) is 0 Å². The molecule has 0 atom stereocenters. The highest BCUT2D eigenvalue weighted by atomic mass is 16.3. The molecule has 10 heteroatoms. The van der Waals surface area contributed by atoms with E-state index in [2.05, 4.69) is 0 Å². The highest BCUT2D eigenvalue weighted by Gasteiger charge is 2.54. The molecule has 4 heterocycles. The van der Waals surface area contributed by atoms with Gasteiger partial charge in [0, 0.05) is 11.1 Å². The Morgan fingerprint density at radius 2 is 1.05 bits per heavy atom. The van der Waals surface area contributed by atoms with Crippen LogP contribution in [-0.2, 0) is 9.59 Å². The van der Waals surface area contributed by atoms with Crippen LogP contribution in [0.1, 0.15) is 43.4 Å². The van der Waals surface area contributed by atoms with E-state index >= 15 is 0 Å². The summed E-state index contributed by atoms with van der Waals surface area (Å²) >= 11 is 0. The highest BCUT2D eigenvalue weighted by Crippen LogP contribution is 2.47. The van der Waals surface area contributed by atoms with Crippen molar-refractivity contribution in [2.24, 2.45) is 0 Å². The van der Waals surface area contributed by atoms with Crippen molar-refractivity contribution in [3.63, 3.8) is 0 Å². The monoisotopic (exact) mass is 526 g/mol. The maximum Gasteiger partial charge on any atom is 0.268 e. The van der Waals surface area contributed by atoms with E-state index in [0.29, 0.717) is 0 Å². The van der Waals surface area contributed by atoms with Gasteiger partial charge >= 0.3 is 0 Å². The zero-order valence-electron chi connectivity index (χ0n) is 20.3. The van der Waals surface area contributed by atoms with E-state index in [1.165, 1.54) is 85.3 Å². The van der Waals surface area contributed by atoms with Crippen LogP contribution in [0, 0.1) is 22.7 Å². The number of rotatable bonds is 4. The lowest BCUT2D eigenvalue weighted by atomic mass is 10.1. The van der Waals surface area contributed by atoms with Gasteiger partial charge < -0.3 is 8.83 Å². The molecular formula is C30H14N4O6. The summed E-state index contributed by atoms with van der Waals surface area (Å²) < 4.78 is 11.1. The van der Waals surface area contributed by atoms with Gasteiger partial charge in [-0.2, -0.15) is 10.5 Å². The van der Waals surface area contributed by atoms with Gasteiger partial charge in [0.15, 0.2) is 11.5 Å². The van der Waals surface area contributed by atoms with Crippen LogP contribution in [0.25, 0.3) is 11.4 Å². The lowest BCUT2D eigenvalue weighted by Crippen LogP contribution is -2.36. The number of hydrogen-bond donors (Lipinski definition) is 0. The fourth-order valence-electron chi connectivity index (χ4n) is 4.69. The molecular weight excluding hydrogens is 512 g/mol. The fraction of sp³-hybridized carbons (Fsp3) is 0. The predicted octanol–water partition coefficient (Wildman–Crippen LogP) is 4.10. The maximum atomic E-state index is 14.0. The average Bonchev–Trinajstić information content (AvgIpc) is 3.79. The molecule has 4 aromatic rings. The molecule has 4 amide bonds. The van der Waals surface area contributed by atoms with E-state index < -0.39 is 23.6 Å². The quantitative estimate of drug-likeness (QED) is 0.361. The highest BCUT2D eigenvalue weighted by molar-refractivity contribution is 6.37. The Kier molecular flexibility index (Phi) is 5.57. The molecule has 2 aromatic heterocycles. The lowest BCUT2D eigenvalue weighted by Gasteiger charge is -2.21. The van der Waals surface area contributed by atoms with Gasteiger partial charge in [-0.05, 0) is 60.7 Å². The number of carbonyl (C=O) groups excluding carboxylic acids is 4. The van der Waals surface area contributed by atoms with E-state index in [0.717, 1.165) is 9.80 Å². The first-order chi connectivity index (χ1) is 19.4. The number of furan rings is 2. The molecule has 0 saturated carbocycles. The van der Waals surface area contributed by atoms with Gasteiger partial charge in [0.25, 0.3) is 23.6 Å². The number of fused-ring (bicyclic) bond motifs is 1. The summed E-state index contributed by atoms with van der Waals surface area (Å²) in [4.78, 5) is 57.1. The molecule has 10 nitrogen and oxygen atoms in total. The smallest absolute Gasteiger partial charge is 0.268 e. The van der Waals surface area contributed by atoms with E-state index in [-0.39, 0.29) is 56.3 Å². The maximum absolute atomic E-state index is 14.0. The van der Waals surface area contributed by atoms with Crippen molar-refractivity contribution < 1.29 is 28.0 Å². The molecule has 6 rings (SSSR count). The van der Waals surface area contributed by atoms with Gasteiger partial charge in [-0.1, -0.05) is 12.1 Å². The summed E-state index contributed by atoms with van der Waals surface area (Å²) in [6.45, 7) is 0. The van der Waals surface area contributed by atoms with E-state index in [9.17, 15) is 29.7 Å². The van der Waals surface area contributed by atoms with Crippen LogP contribution in [0.2, 0.25) is 0 Å². The molecule has 0 spiro atoms. The van der Waals surface area contributed by atoms with Crippen LogP contribution in [0.15, 0.2) is 105 Å². The summed E-state index contributed by atoms with van der Waals surface area (Å²) in [5.41, 5.74) is -0.265. The number of amides is 4. The molecule has 0 bridgehead atoms. The van der Waals surface area contributed by atoms with E-state index in [4.69, 9.17) is 8.83 Å². The number of nitriles is 2. The zero-order valence-corrected chi connectivity index (χ0v) is 20.3. The molecule has 0 unspecified atom stereocenters. The molecule has 0 fully saturated rings. The molecule has 2 aromatic carbocycles. The van der Waals surface area contributed by atoms with Crippen molar-refractivity contribution in [1.29, 1.82) is 10.5 Å². The Bertz CT molecular complexity index is 1760. The third kappa shape index (κ3) is 3.56. The second kappa shape index (κ2) is 9.24. The third-order valence-corrected chi connectivity index (χ3v) is 6.40. The minimum absolute atomic E-state index is 0.0332. The van der Waals surface area contributed by atoms with Gasteiger partial charge in [0.2, 0.25) is 0 Å². The first-order valence-corrected chi connectivity index (χ1v) is 11.8. The molecule has 0 aliphatic carbocycles. The largest absolute Gasteiger partial charge is 0.463 e. The zero-order chi connectivity index (χ0) is 28.0. The van der Waals surface area contributed by atoms with E-state index in [1.807, 2.05) is 12.1 Å². The second-order valence-corrected chi connectivity index (χ2v) is 8.68. The molecule has 40 heavy (non-hydrogen) atoms. The fourth-order valence-corrected chi connectivity index (χ4v) is 4.69. The van der Waals surface area contributed by atoms with Gasteiger partial charge in [0.05, 0.1) is 46.9 Å². The van der Waals surface area contributed by atoms with Gasteiger partial charge in [-0.3, -0.25) is 19.2 Å². The standard InChI is InChI=1S/C30H14N4O6/c31-15-17-5-1-7-19(13-17)27(35)33-25(21-9-3-11-39-21)23-24(29(33)37)26(22-10-4-12-40-22)34(30(23)38)28(36)20-8-2-6-18(14-20)16-32/h1-14H. The van der Waals surface area contributed by atoms with Gasteiger partial charge in [0.1, 0.15) is 11.4 Å². The topological polar surface area (TPSA) is 149 Å². The van der Waals surface area contributed by atoms with Gasteiger partial charge in [-0.25, -0.2) is 9.80 Å². The van der Waals surface area contributed by atoms with Crippen LogP contribution < -0.4 is 0 Å². The number of imide groups is 2. The Balaban J connectivity index is 1.58. The number of hydrogen-bond acceptors (Lipinski definition) is 8. The Hall–Kier alpha value is -6.26. The SMILES string of the molecule is N#Cc1cccc(C(=O)N2C(=O)C3=C(c4ccco4)N(C(=O)c4cccc(C#N)c4)C(=O)C3=C2c2ccco2)c1. The minimum atomic E-state index is -0.880. The number of benzene rings is 2. The lowest BCUT2D eigenvalue weighted by molar-refractivity contribution is -0.122. The minimum Gasteiger partial charge on any atom is -0.463 e. The molecule has 2 aliphatic rings. The van der Waals surface area contributed by atoms with Crippen molar-refractivity contribution in [3.8, 4) is 12.1 Å². The summed E-state index contributed by atoms with van der Waals surface area (Å²) in [5.74, 6) is -3.28. The van der Waals surface area contributed by atoms with Crippen LogP contribution >= 0.6 is 0 Å². The van der Waals surface area contributed by atoms with Gasteiger partial charge in [-0.15, -0.1) is 0 Å². The van der Waals surface area contributed by atoms with Crippen molar-refractivity contribution in [2.75, 3.05) is 0 Å². The predicted molar refractivity (Wildman–Crippen MR) is 136 cm³/mol. The molecule has 190 valence electrons. The van der Waals surface area contributed by atoms with Crippen molar-refractivity contribution in [3.05, 3.63) is 130 Å². The van der Waals surface area contributed by atoms with Crippen LogP contribution in [0.5, 0.6) is 0 Å². The molecule has 0 radical (unpaired) electrons. The Morgan fingerprint density at radius 1 is 0.625 bits per heavy atom. The summed E-state index contributed by atoms with van der Waals surface area (Å²) in [6, 6.07) is 21.5. The molecule has 0 N–H and O–H groups in total. The van der Waals surface area contributed by atoms with E-state index in [1.54, 1.807) is 0 Å². The van der Waals surface area contributed by atoms with Crippen molar-refractivity contribution >= 4 is 35.0 Å². The molecule has 0 saturated heterocycles. The first-order valence-electron chi connectivity index (χ1n) is 11.8. The van der Waals surface area contributed by atoms with Crippen LogP contribution in [-0.4, -0.2) is 33.4 Å².